The molecule has 5 heteroatoms. The Balaban J connectivity index is 1.73. The van der Waals surface area contributed by atoms with E-state index in [4.69, 9.17) is 4.42 Å². The molecule has 25 heavy (non-hydrogen) atoms. The van der Waals surface area contributed by atoms with Gasteiger partial charge < -0.3 is 4.42 Å². The number of para-hydroxylation sites is 1. The van der Waals surface area contributed by atoms with Crippen LogP contribution in [0.15, 0.2) is 71.1 Å². The van der Waals surface area contributed by atoms with Gasteiger partial charge in [0.05, 0.1) is 5.56 Å². The van der Waals surface area contributed by atoms with Crippen LogP contribution in [0, 0.1) is 0 Å². The van der Waals surface area contributed by atoms with Gasteiger partial charge in [-0.05, 0) is 30.3 Å². The molecule has 0 saturated carbocycles. The number of benzene rings is 3. The monoisotopic (exact) mass is 340 g/mol. The fourth-order valence-corrected chi connectivity index (χ4v) is 2.84. The predicted molar refractivity (Wildman–Crippen MR) is 88.6 cm³/mol. The van der Waals surface area contributed by atoms with Crippen molar-refractivity contribution in [3.8, 4) is 0 Å². The molecule has 1 aromatic heterocycles. The zero-order valence-corrected chi connectivity index (χ0v) is 12.8. The number of halogens is 3. The molecule has 0 aliphatic rings. The van der Waals surface area contributed by atoms with E-state index in [0.29, 0.717) is 11.1 Å². The Morgan fingerprint density at radius 3 is 2.12 bits per heavy atom. The molecule has 0 amide bonds. The zero-order chi connectivity index (χ0) is 17.6. The number of carbonyl (C=O) groups is 1. The summed E-state index contributed by atoms with van der Waals surface area (Å²) in [6.07, 6.45) is -4.42. The van der Waals surface area contributed by atoms with Crippen LogP contribution in [0.25, 0.3) is 21.9 Å². The third-order valence-corrected chi connectivity index (χ3v) is 4.12. The van der Waals surface area contributed by atoms with Gasteiger partial charge >= 0.3 is 6.18 Å². The van der Waals surface area contributed by atoms with Crippen LogP contribution >= 0.6 is 0 Å². The second kappa shape index (κ2) is 5.48. The molecule has 4 aromatic rings. The topological polar surface area (TPSA) is 30.2 Å². The van der Waals surface area contributed by atoms with E-state index in [1.54, 1.807) is 18.2 Å². The normalized spacial score (nSPS) is 12.0. The Labute approximate surface area is 140 Å². The van der Waals surface area contributed by atoms with Gasteiger partial charge in [0.1, 0.15) is 11.2 Å². The van der Waals surface area contributed by atoms with Gasteiger partial charge in [-0.3, -0.25) is 4.79 Å². The Kier molecular flexibility index (Phi) is 3.39. The molecule has 0 spiro atoms. The first-order valence-corrected chi connectivity index (χ1v) is 7.57. The van der Waals surface area contributed by atoms with Crippen molar-refractivity contribution in [3.05, 3.63) is 83.4 Å². The van der Waals surface area contributed by atoms with Gasteiger partial charge in [0.15, 0.2) is 5.78 Å². The zero-order valence-electron chi connectivity index (χ0n) is 12.8. The number of ketones is 1. The number of hydrogen-bond donors (Lipinski definition) is 0. The van der Waals surface area contributed by atoms with Gasteiger partial charge in [0.25, 0.3) is 0 Å². The fourth-order valence-electron chi connectivity index (χ4n) is 2.84. The third kappa shape index (κ3) is 2.67. The van der Waals surface area contributed by atoms with Crippen molar-refractivity contribution in [1.82, 2.24) is 0 Å². The van der Waals surface area contributed by atoms with Gasteiger partial charge in [-0.1, -0.05) is 36.4 Å². The van der Waals surface area contributed by atoms with Gasteiger partial charge in [0.2, 0.25) is 0 Å². The molecular formula is C20H11F3O2. The number of fused-ring (bicyclic) bond motifs is 3. The summed E-state index contributed by atoms with van der Waals surface area (Å²) in [6.45, 7) is 0. The summed E-state index contributed by atoms with van der Waals surface area (Å²) < 4.78 is 43.6. The summed E-state index contributed by atoms with van der Waals surface area (Å²) in [5.41, 5.74) is 1.07. The Morgan fingerprint density at radius 2 is 1.40 bits per heavy atom. The summed E-state index contributed by atoms with van der Waals surface area (Å²) in [6, 6.07) is 16.8. The molecule has 0 saturated heterocycles. The lowest BCUT2D eigenvalue weighted by molar-refractivity contribution is -0.137. The van der Waals surface area contributed by atoms with E-state index in [9.17, 15) is 18.0 Å². The van der Waals surface area contributed by atoms with E-state index in [1.165, 1.54) is 12.1 Å². The molecule has 0 N–H and O–H groups in total. The maximum absolute atomic E-state index is 12.6. The molecule has 0 atom stereocenters. The number of alkyl halides is 3. The second-order valence-electron chi connectivity index (χ2n) is 5.71. The highest BCUT2D eigenvalue weighted by atomic mass is 19.4. The lowest BCUT2D eigenvalue weighted by Crippen LogP contribution is -2.06. The molecule has 0 radical (unpaired) electrons. The average Bonchev–Trinajstić information content (AvgIpc) is 2.98. The van der Waals surface area contributed by atoms with Crippen LogP contribution in [0.2, 0.25) is 0 Å². The van der Waals surface area contributed by atoms with Crippen molar-refractivity contribution in [2.75, 3.05) is 0 Å². The fraction of sp³-hybridized carbons (Fsp3) is 0.0500. The molecule has 3 aromatic carbocycles. The predicted octanol–water partition coefficient (Wildman–Crippen LogP) is 5.84. The van der Waals surface area contributed by atoms with E-state index in [0.717, 1.165) is 28.5 Å². The van der Waals surface area contributed by atoms with Gasteiger partial charge in [-0.2, -0.15) is 13.2 Å². The van der Waals surface area contributed by atoms with E-state index >= 15 is 0 Å². The van der Waals surface area contributed by atoms with Gasteiger partial charge in [-0.25, -0.2) is 0 Å². The van der Waals surface area contributed by atoms with Crippen molar-refractivity contribution >= 4 is 27.7 Å². The Morgan fingerprint density at radius 1 is 0.760 bits per heavy atom. The lowest BCUT2D eigenvalue weighted by Gasteiger charge is -2.07. The van der Waals surface area contributed by atoms with Crippen LogP contribution in [0.4, 0.5) is 13.2 Å². The van der Waals surface area contributed by atoms with E-state index in [1.807, 2.05) is 24.3 Å². The number of carbonyl (C=O) groups excluding carboxylic acids is 1. The third-order valence-electron chi connectivity index (χ3n) is 4.12. The van der Waals surface area contributed by atoms with Gasteiger partial charge in [-0.15, -0.1) is 0 Å². The minimum atomic E-state index is -4.42. The standard InChI is InChI=1S/C20H11F3O2/c21-20(22,23)14-8-5-12(6-9-14)19(24)13-7-10-16-15-3-1-2-4-17(15)25-18(16)11-13/h1-11H. The SMILES string of the molecule is O=C(c1ccc(C(F)(F)F)cc1)c1ccc2c(c1)oc1ccccc12. The molecule has 1 heterocycles. The summed E-state index contributed by atoms with van der Waals surface area (Å²) in [5.74, 6) is -0.351. The highest BCUT2D eigenvalue weighted by Gasteiger charge is 2.30. The maximum Gasteiger partial charge on any atom is 0.416 e. The summed E-state index contributed by atoms with van der Waals surface area (Å²) >= 11 is 0. The minimum absolute atomic E-state index is 0.198. The smallest absolute Gasteiger partial charge is 0.416 e. The van der Waals surface area contributed by atoms with Crippen LogP contribution in [0.1, 0.15) is 21.5 Å². The van der Waals surface area contributed by atoms with Crippen LogP contribution < -0.4 is 0 Å². The quantitative estimate of drug-likeness (QED) is 0.429. The molecule has 0 aliphatic carbocycles. The van der Waals surface area contributed by atoms with Crippen LogP contribution in [0.5, 0.6) is 0 Å². The second-order valence-corrected chi connectivity index (χ2v) is 5.71. The van der Waals surface area contributed by atoms with E-state index < -0.39 is 11.7 Å². The molecule has 4 rings (SSSR count). The molecule has 0 aliphatic heterocycles. The van der Waals surface area contributed by atoms with Crippen molar-refractivity contribution in [1.29, 1.82) is 0 Å². The first-order valence-electron chi connectivity index (χ1n) is 7.57. The molecule has 124 valence electrons. The number of furan rings is 1. The first kappa shape index (κ1) is 15.4. The molecular weight excluding hydrogens is 329 g/mol. The van der Waals surface area contributed by atoms with Crippen molar-refractivity contribution in [2.45, 2.75) is 6.18 Å². The summed E-state index contributed by atoms with van der Waals surface area (Å²) in [5, 5.41) is 1.84. The van der Waals surface area contributed by atoms with Crippen LogP contribution in [-0.2, 0) is 6.18 Å². The Bertz CT molecular complexity index is 1090. The molecule has 0 bridgehead atoms. The Hall–Kier alpha value is -3.08. The molecule has 0 fully saturated rings. The van der Waals surface area contributed by atoms with E-state index in [2.05, 4.69) is 0 Å². The lowest BCUT2D eigenvalue weighted by atomic mass is 10.0. The molecule has 0 unspecified atom stereocenters. The van der Waals surface area contributed by atoms with Gasteiger partial charge in [0, 0.05) is 21.9 Å². The van der Waals surface area contributed by atoms with Crippen molar-refractivity contribution < 1.29 is 22.4 Å². The highest BCUT2D eigenvalue weighted by molar-refractivity contribution is 6.12. The summed E-state index contributed by atoms with van der Waals surface area (Å²) in [7, 11) is 0. The highest BCUT2D eigenvalue weighted by Crippen LogP contribution is 2.31. The summed E-state index contributed by atoms with van der Waals surface area (Å²) in [4.78, 5) is 12.5. The average molecular weight is 340 g/mol. The number of hydrogen-bond acceptors (Lipinski definition) is 2. The van der Waals surface area contributed by atoms with Crippen molar-refractivity contribution in [3.63, 3.8) is 0 Å². The maximum atomic E-state index is 12.6. The largest absolute Gasteiger partial charge is 0.456 e. The van der Waals surface area contributed by atoms with Crippen LogP contribution in [0.3, 0.4) is 0 Å². The number of rotatable bonds is 2. The first-order chi connectivity index (χ1) is 11.9. The van der Waals surface area contributed by atoms with E-state index in [-0.39, 0.29) is 11.3 Å². The van der Waals surface area contributed by atoms with Crippen molar-refractivity contribution in [2.24, 2.45) is 0 Å². The molecule has 2 nitrogen and oxygen atoms in total. The minimum Gasteiger partial charge on any atom is -0.456 e. The van der Waals surface area contributed by atoms with Crippen LogP contribution in [-0.4, -0.2) is 5.78 Å².